The van der Waals surface area contributed by atoms with Crippen molar-refractivity contribution in [2.75, 3.05) is 5.75 Å². The van der Waals surface area contributed by atoms with Crippen LogP contribution >= 0.6 is 0 Å². The molecule has 0 bridgehead atoms. The number of rotatable bonds is 15. The van der Waals surface area contributed by atoms with Gasteiger partial charge >= 0.3 is 0 Å². The minimum Gasteiger partial charge on any atom is -0.490 e. The number of hydrogen-bond donors (Lipinski definition) is 1. The molecule has 0 saturated heterocycles. The van der Waals surface area contributed by atoms with Crippen LogP contribution in [0.15, 0.2) is 18.2 Å². The molecular weight excluding hydrogens is 360 g/mol. The van der Waals surface area contributed by atoms with Gasteiger partial charge in [0.1, 0.15) is 5.75 Å². The molecule has 1 unspecified atom stereocenters. The zero-order valence-electron chi connectivity index (χ0n) is 17.4. The van der Waals surface area contributed by atoms with E-state index in [0.717, 1.165) is 25.0 Å². The second-order valence-electron chi connectivity index (χ2n) is 7.57. The van der Waals surface area contributed by atoms with Gasteiger partial charge < -0.3 is 4.74 Å². The van der Waals surface area contributed by atoms with Gasteiger partial charge in [-0.15, -0.1) is 0 Å². The molecule has 0 spiro atoms. The van der Waals surface area contributed by atoms with Crippen LogP contribution in [-0.4, -0.2) is 24.8 Å². The van der Waals surface area contributed by atoms with Crippen molar-refractivity contribution in [3.05, 3.63) is 29.3 Å². The van der Waals surface area contributed by atoms with Crippen molar-refractivity contribution in [2.45, 2.75) is 97.5 Å². The molecule has 1 rings (SSSR count). The molecule has 0 aromatic heterocycles. The van der Waals surface area contributed by atoms with E-state index >= 15 is 0 Å². The van der Waals surface area contributed by atoms with Crippen LogP contribution in [0, 0.1) is 0 Å². The first-order chi connectivity index (χ1) is 12.9. The van der Waals surface area contributed by atoms with Crippen molar-refractivity contribution in [1.29, 1.82) is 0 Å². The second-order valence-corrected chi connectivity index (χ2v) is 9.14. The summed E-state index contributed by atoms with van der Waals surface area (Å²) in [4.78, 5) is 0. The van der Waals surface area contributed by atoms with E-state index in [1.807, 2.05) is 13.0 Å². The standard InChI is InChI=1S/C22H38O4S/c1-4-6-8-10-12-20-14-15-22(21(18-20)13-11-9-7-5-2)26-19(3)16-17-27(23,24)25/h14-15,18-19H,4-13,16-17H2,1-3H3,(H,23,24,25). The first-order valence-corrected chi connectivity index (χ1v) is 12.2. The predicted molar refractivity (Wildman–Crippen MR) is 113 cm³/mol. The minimum absolute atomic E-state index is 0.253. The van der Waals surface area contributed by atoms with Crippen LogP contribution in [0.25, 0.3) is 0 Å². The minimum atomic E-state index is -3.94. The van der Waals surface area contributed by atoms with Crippen LogP contribution in [0.4, 0.5) is 0 Å². The zero-order valence-corrected chi connectivity index (χ0v) is 18.2. The first-order valence-electron chi connectivity index (χ1n) is 10.6. The summed E-state index contributed by atoms with van der Waals surface area (Å²) in [6.07, 6.45) is 12.0. The lowest BCUT2D eigenvalue weighted by Crippen LogP contribution is -2.18. The fourth-order valence-electron chi connectivity index (χ4n) is 3.19. The Morgan fingerprint density at radius 2 is 1.59 bits per heavy atom. The fourth-order valence-corrected chi connectivity index (χ4v) is 3.82. The van der Waals surface area contributed by atoms with E-state index in [-0.39, 0.29) is 18.3 Å². The summed E-state index contributed by atoms with van der Waals surface area (Å²) in [6, 6.07) is 6.43. The molecule has 1 aromatic carbocycles. The number of unbranched alkanes of at least 4 members (excludes halogenated alkanes) is 6. The van der Waals surface area contributed by atoms with Crippen molar-refractivity contribution < 1.29 is 17.7 Å². The topological polar surface area (TPSA) is 63.6 Å². The highest BCUT2D eigenvalue weighted by molar-refractivity contribution is 7.85. The molecule has 0 radical (unpaired) electrons. The molecule has 1 atom stereocenters. The van der Waals surface area contributed by atoms with Gasteiger partial charge in [0.25, 0.3) is 10.1 Å². The lowest BCUT2D eigenvalue weighted by molar-refractivity contribution is 0.215. The van der Waals surface area contributed by atoms with Gasteiger partial charge in [0.15, 0.2) is 0 Å². The van der Waals surface area contributed by atoms with Crippen molar-refractivity contribution in [2.24, 2.45) is 0 Å². The van der Waals surface area contributed by atoms with Gasteiger partial charge in [-0.05, 0) is 49.8 Å². The smallest absolute Gasteiger partial charge is 0.264 e. The van der Waals surface area contributed by atoms with Crippen LogP contribution in [0.5, 0.6) is 5.75 Å². The maximum absolute atomic E-state index is 10.9. The molecule has 0 fully saturated rings. The lowest BCUT2D eigenvalue weighted by Gasteiger charge is -2.18. The quantitative estimate of drug-likeness (QED) is 0.292. The second kappa shape index (κ2) is 13.2. The average Bonchev–Trinajstić information content (AvgIpc) is 2.62. The van der Waals surface area contributed by atoms with Crippen LogP contribution < -0.4 is 4.74 Å². The van der Waals surface area contributed by atoms with Crippen molar-refractivity contribution in [1.82, 2.24) is 0 Å². The molecule has 4 nitrogen and oxygen atoms in total. The monoisotopic (exact) mass is 398 g/mol. The van der Waals surface area contributed by atoms with Gasteiger partial charge in [-0.25, -0.2) is 0 Å². The summed E-state index contributed by atoms with van der Waals surface area (Å²) in [5.41, 5.74) is 2.58. The fraction of sp³-hybridized carbons (Fsp3) is 0.727. The van der Waals surface area contributed by atoms with Gasteiger partial charge in [-0.2, -0.15) is 8.42 Å². The maximum atomic E-state index is 10.9. The van der Waals surface area contributed by atoms with Crippen LogP contribution in [0.3, 0.4) is 0 Å². The van der Waals surface area contributed by atoms with E-state index in [0.29, 0.717) is 0 Å². The van der Waals surface area contributed by atoms with Gasteiger partial charge in [0, 0.05) is 6.42 Å². The molecule has 0 heterocycles. The molecule has 0 amide bonds. The summed E-state index contributed by atoms with van der Waals surface area (Å²) in [5, 5.41) is 0. The molecule has 0 saturated carbocycles. The van der Waals surface area contributed by atoms with Crippen LogP contribution in [0.1, 0.15) is 89.7 Å². The number of ether oxygens (including phenoxy) is 1. The molecule has 156 valence electrons. The van der Waals surface area contributed by atoms with E-state index < -0.39 is 10.1 Å². The van der Waals surface area contributed by atoms with Crippen LogP contribution in [-0.2, 0) is 23.0 Å². The Bertz CT molecular complexity index is 625. The zero-order chi connectivity index (χ0) is 20.1. The molecule has 0 aliphatic carbocycles. The Hall–Kier alpha value is -1.07. The van der Waals surface area contributed by atoms with Gasteiger partial charge in [-0.1, -0.05) is 64.5 Å². The van der Waals surface area contributed by atoms with Crippen LogP contribution in [0.2, 0.25) is 0 Å². The first kappa shape index (κ1) is 24.0. The summed E-state index contributed by atoms with van der Waals surface area (Å²) in [7, 11) is -3.94. The van der Waals surface area contributed by atoms with E-state index in [4.69, 9.17) is 9.29 Å². The molecule has 5 heteroatoms. The molecule has 0 aliphatic rings. The Morgan fingerprint density at radius 3 is 2.19 bits per heavy atom. The summed E-state index contributed by atoms with van der Waals surface area (Å²) >= 11 is 0. The Morgan fingerprint density at radius 1 is 0.963 bits per heavy atom. The Balaban J connectivity index is 2.73. The predicted octanol–water partition coefficient (Wildman–Crippen LogP) is 5.98. The average molecular weight is 399 g/mol. The SMILES string of the molecule is CCCCCCc1ccc(OC(C)CCS(=O)(=O)O)c(CCCCCC)c1. The summed E-state index contributed by atoms with van der Waals surface area (Å²) < 4.78 is 36.8. The van der Waals surface area contributed by atoms with E-state index in [2.05, 4.69) is 26.0 Å². The van der Waals surface area contributed by atoms with E-state index in [1.165, 1.54) is 56.1 Å². The van der Waals surface area contributed by atoms with Crippen molar-refractivity contribution >= 4 is 10.1 Å². The third-order valence-corrected chi connectivity index (χ3v) is 5.61. The highest BCUT2D eigenvalue weighted by Gasteiger charge is 2.13. The Labute approximate surface area is 166 Å². The normalized spacial score (nSPS) is 12.9. The highest BCUT2D eigenvalue weighted by atomic mass is 32.2. The molecule has 0 aliphatic heterocycles. The van der Waals surface area contributed by atoms with Gasteiger partial charge in [0.2, 0.25) is 0 Å². The van der Waals surface area contributed by atoms with Gasteiger partial charge in [0.05, 0.1) is 11.9 Å². The Kier molecular flexibility index (Phi) is 11.7. The van der Waals surface area contributed by atoms with Crippen molar-refractivity contribution in [3.8, 4) is 5.75 Å². The van der Waals surface area contributed by atoms with E-state index in [1.54, 1.807) is 0 Å². The third kappa shape index (κ3) is 11.4. The largest absolute Gasteiger partial charge is 0.490 e. The summed E-state index contributed by atoms with van der Waals surface area (Å²) in [6.45, 7) is 6.29. The number of aryl methyl sites for hydroxylation is 2. The number of benzene rings is 1. The molecular formula is C22H38O4S. The molecule has 1 aromatic rings. The van der Waals surface area contributed by atoms with Crippen molar-refractivity contribution in [3.63, 3.8) is 0 Å². The summed E-state index contributed by atoms with van der Waals surface area (Å²) in [5.74, 6) is 0.585. The maximum Gasteiger partial charge on any atom is 0.264 e. The number of hydrogen-bond acceptors (Lipinski definition) is 3. The third-order valence-electron chi connectivity index (χ3n) is 4.85. The lowest BCUT2D eigenvalue weighted by atomic mass is 9.99. The van der Waals surface area contributed by atoms with Gasteiger partial charge in [-0.3, -0.25) is 4.55 Å². The highest BCUT2D eigenvalue weighted by Crippen LogP contribution is 2.25. The molecule has 27 heavy (non-hydrogen) atoms. The molecule has 1 N–H and O–H groups in total. The van der Waals surface area contributed by atoms with E-state index in [9.17, 15) is 8.42 Å².